The molecule has 3 aromatic rings. The number of nitrogens with two attached hydrogens (primary N) is 1. The number of para-hydroxylation sites is 2. The maximum Gasteiger partial charge on any atom is 0.294 e. The fourth-order valence-electron chi connectivity index (χ4n) is 3.04. The number of benzene rings is 1. The number of aromatic nitrogens is 4. The van der Waals surface area contributed by atoms with Crippen molar-refractivity contribution in [2.24, 2.45) is 5.73 Å². The first kappa shape index (κ1) is 17.0. The molecule has 0 unspecified atom stereocenters. The van der Waals surface area contributed by atoms with Gasteiger partial charge in [-0.25, -0.2) is 4.68 Å². The van der Waals surface area contributed by atoms with E-state index in [9.17, 15) is 14.9 Å². The zero-order valence-electron chi connectivity index (χ0n) is 14.5. The molecule has 0 radical (unpaired) electrons. The first-order valence-electron chi connectivity index (χ1n) is 8.37. The van der Waals surface area contributed by atoms with Crippen molar-refractivity contribution in [1.29, 1.82) is 0 Å². The van der Waals surface area contributed by atoms with Crippen molar-refractivity contribution in [2.45, 2.75) is 31.7 Å². The molecule has 0 spiro atoms. The van der Waals surface area contributed by atoms with Crippen LogP contribution in [0.15, 0.2) is 39.6 Å². The minimum Gasteiger partial charge on any atom is -0.332 e. The molecular formula is C17H16N6O4. The van der Waals surface area contributed by atoms with Crippen LogP contribution in [0.25, 0.3) is 17.3 Å². The SMILES string of the molecule is Cc1cc(=O)c(-c2nc(C3(N)CCC3)no2)nn1-c1ccccc1[N+](=O)[O-]. The van der Waals surface area contributed by atoms with Crippen molar-refractivity contribution < 1.29 is 9.45 Å². The zero-order chi connectivity index (χ0) is 19.2. The Kier molecular flexibility index (Phi) is 3.84. The van der Waals surface area contributed by atoms with E-state index in [-0.39, 0.29) is 23.0 Å². The number of nitro benzene ring substituents is 1. The standard InChI is InChI=1S/C17H16N6O4/c1-10-9-13(24)14(15-19-16(21-27-15)17(18)7-4-8-17)20-22(10)11-5-2-3-6-12(11)23(25)26/h2-3,5-6,9H,4,7-8,18H2,1H3. The molecule has 1 saturated carbocycles. The van der Waals surface area contributed by atoms with Gasteiger partial charge in [-0.15, -0.1) is 0 Å². The molecule has 1 aliphatic rings. The molecule has 0 saturated heterocycles. The molecule has 0 amide bonds. The van der Waals surface area contributed by atoms with Gasteiger partial charge in [0, 0.05) is 17.8 Å². The smallest absolute Gasteiger partial charge is 0.294 e. The van der Waals surface area contributed by atoms with Crippen LogP contribution in [0.5, 0.6) is 0 Å². The summed E-state index contributed by atoms with van der Waals surface area (Å²) < 4.78 is 6.53. The Bertz CT molecular complexity index is 1100. The maximum atomic E-state index is 12.4. The summed E-state index contributed by atoms with van der Waals surface area (Å²) in [7, 11) is 0. The second kappa shape index (κ2) is 6.09. The highest BCUT2D eigenvalue weighted by molar-refractivity contribution is 5.54. The van der Waals surface area contributed by atoms with Crippen molar-refractivity contribution in [1.82, 2.24) is 19.9 Å². The lowest BCUT2D eigenvalue weighted by Gasteiger charge is -2.34. The van der Waals surface area contributed by atoms with E-state index in [4.69, 9.17) is 10.3 Å². The number of hydrogen-bond acceptors (Lipinski definition) is 8. The second-order valence-electron chi connectivity index (χ2n) is 6.59. The fourth-order valence-corrected chi connectivity index (χ4v) is 3.04. The predicted octanol–water partition coefficient (Wildman–Crippen LogP) is 1.84. The third-order valence-electron chi connectivity index (χ3n) is 4.73. The summed E-state index contributed by atoms with van der Waals surface area (Å²) in [6, 6.07) is 7.46. The molecule has 1 aliphatic carbocycles. The Hall–Kier alpha value is -3.40. The minimum absolute atomic E-state index is 0.0564. The van der Waals surface area contributed by atoms with E-state index in [0.717, 1.165) is 19.3 Å². The molecule has 10 nitrogen and oxygen atoms in total. The van der Waals surface area contributed by atoms with E-state index in [2.05, 4.69) is 15.2 Å². The van der Waals surface area contributed by atoms with Crippen molar-refractivity contribution in [3.05, 3.63) is 62.2 Å². The summed E-state index contributed by atoms with van der Waals surface area (Å²) in [5.41, 5.74) is 5.58. The molecule has 0 atom stereocenters. The van der Waals surface area contributed by atoms with Crippen molar-refractivity contribution >= 4 is 5.69 Å². The normalized spacial score (nSPS) is 15.3. The molecule has 10 heteroatoms. The maximum absolute atomic E-state index is 12.4. The number of nitro groups is 1. The van der Waals surface area contributed by atoms with E-state index in [1.807, 2.05) is 0 Å². The summed E-state index contributed by atoms with van der Waals surface area (Å²) in [6.45, 7) is 1.64. The van der Waals surface area contributed by atoms with Crippen LogP contribution in [-0.2, 0) is 5.54 Å². The van der Waals surface area contributed by atoms with Gasteiger partial charge in [-0.3, -0.25) is 14.9 Å². The summed E-state index contributed by atoms with van der Waals surface area (Å²) in [5.74, 6) is 0.279. The average molecular weight is 368 g/mol. The van der Waals surface area contributed by atoms with Crippen molar-refractivity contribution in [3.63, 3.8) is 0 Å². The van der Waals surface area contributed by atoms with Gasteiger partial charge in [-0.1, -0.05) is 17.3 Å². The molecule has 4 rings (SSSR count). The second-order valence-corrected chi connectivity index (χ2v) is 6.59. The summed E-state index contributed by atoms with van der Waals surface area (Å²) in [4.78, 5) is 27.5. The van der Waals surface area contributed by atoms with Crippen LogP contribution < -0.4 is 11.2 Å². The lowest BCUT2D eigenvalue weighted by atomic mass is 9.77. The number of nitrogens with zero attached hydrogens (tertiary/aromatic N) is 5. The van der Waals surface area contributed by atoms with Crippen LogP contribution in [0.3, 0.4) is 0 Å². The topological polar surface area (TPSA) is 143 Å². The van der Waals surface area contributed by atoms with Gasteiger partial charge < -0.3 is 10.3 Å². The highest BCUT2D eigenvalue weighted by Gasteiger charge is 2.39. The quantitative estimate of drug-likeness (QED) is 0.543. The van der Waals surface area contributed by atoms with Crippen molar-refractivity contribution in [2.75, 3.05) is 0 Å². The third-order valence-corrected chi connectivity index (χ3v) is 4.73. The zero-order valence-corrected chi connectivity index (χ0v) is 14.5. The molecular weight excluding hydrogens is 352 g/mol. The van der Waals surface area contributed by atoms with Crippen LogP contribution in [0, 0.1) is 17.0 Å². The fraction of sp³-hybridized carbons (Fsp3) is 0.294. The van der Waals surface area contributed by atoms with Gasteiger partial charge in [0.1, 0.15) is 5.69 Å². The van der Waals surface area contributed by atoms with Gasteiger partial charge in [0.15, 0.2) is 11.5 Å². The monoisotopic (exact) mass is 368 g/mol. The molecule has 2 heterocycles. The molecule has 1 fully saturated rings. The molecule has 138 valence electrons. The Morgan fingerprint density at radius 3 is 2.74 bits per heavy atom. The van der Waals surface area contributed by atoms with Crippen LogP contribution in [0.4, 0.5) is 5.69 Å². The highest BCUT2D eigenvalue weighted by atomic mass is 16.6. The van der Waals surface area contributed by atoms with Gasteiger partial charge in [0.25, 0.3) is 11.6 Å². The minimum atomic E-state index is -0.635. The van der Waals surface area contributed by atoms with E-state index in [1.165, 1.54) is 16.8 Å². The van der Waals surface area contributed by atoms with Crippen LogP contribution >= 0.6 is 0 Å². The Labute approximate surface area is 152 Å². The Balaban J connectivity index is 1.84. The first-order valence-corrected chi connectivity index (χ1v) is 8.37. The summed E-state index contributed by atoms with van der Waals surface area (Å²) >= 11 is 0. The first-order chi connectivity index (χ1) is 12.9. The molecule has 0 bridgehead atoms. The van der Waals surface area contributed by atoms with Gasteiger partial charge in [0.05, 0.1) is 10.5 Å². The molecule has 2 aromatic heterocycles. The van der Waals surface area contributed by atoms with Gasteiger partial charge in [0.2, 0.25) is 5.43 Å². The number of rotatable bonds is 4. The lowest BCUT2D eigenvalue weighted by Crippen LogP contribution is -2.44. The van der Waals surface area contributed by atoms with Crippen LogP contribution in [-0.4, -0.2) is 24.8 Å². The Morgan fingerprint density at radius 2 is 2.07 bits per heavy atom. The van der Waals surface area contributed by atoms with E-state index >= 15 is 0 Å². The number of hydrogen-bond donors (Lipinski definition) is 1. The number of aryl methyl sites for hydroxylation is 1. The third kappa shape index (κ3) is 2.79. The van der Waals surface area contributed by atoms with E-state index < -0.39 is 15.9 Å². The van der Waals surface area contributed by atoms with Crippen LogP contribution in [0.2, 0.25) is 0 Å². The summed E-state index contributed by atoms with van der Waals surface area (Å²) in [5, 5.41) is 19.5. The molecule has 27 heavy (non-hydrogen) atoms. The highest BCUT2D eigenvalue weighted by Crippen LogP contribution is 2.37. The largest absolute Gasteiger partial charge is 0.332 e. The van der Waals surface area contributed by atoms with Gasteiger partial charge in [-0.05, 0) is 32.3 Å². The van der Waals surface area contributed by atoms with E-state index in [0.29, 0.717) is 11.5 Å². The van der Waals surface area contributed by atoms with Crippen molar-refractivity contribution in [3.8, 4) is 17.3 Å². The van der Waals surface area contributed by atoms with Gasteiger partial charge >= 0.3 is 0 Å². The predicted molar refractivity (Wildman–Crippen MR) is 94.2 cm³/mol. The Morgan fingerprint density at radius 1 is 1.33 bits per heavy atom. The van der Waals surface area contributed by atoms with Crippen LogP contribution in [0.1, 0.15) is 30.8 Å². The average Bonchev–Trinajstić information content (AvgIpc) is 3.10. The molecule has 1 aromatic carbocycles. The molecule has 2 N–H and O–H groups in total. The summed E-state index contributed by atoms with van der Waals surface area (Å²) in [6.07, 6.45) is 2.47. The van der Waals surface area contributed by atoms with E-state index in [1.54, 1.807) is 25.1 Å². The lowest BCUT2D eigenvalue weighted by molar-refractivity contribution is -0.384. The van der Waals surface area contributed by atoms with Gasteiger partial charge in [-0.2, -0.15) is 10.1 Å². The molecule has 0 aliphatic heterocycles.